The van der Waals surface area contributed by atoms with Crippen LogP contribution in [-0.2, 0) is 29.0 Å². The van der Waals surface area contributed by atoms with Crippen molar-refractivity contribution < 1.29 is 14.3 Å². The van der Waals surface area contributed by atoms with Gasteiger partial charge in [0.05, 0.1) is 5.56 Å². The number of hydrogen-bond donors (Lipinski definition) is 1. The minimum absolute atomic E-state index is 0.0600. The van der Waals surface area contributed by atoms with E-state index in [2.05, 4.69) is 15.4 Å². The lowest BCUT2D eigenvalue weighted by Crippen LogP contribution is -2.15. The van der Waals surface area contributed by atoms with Crippen molar-refractivity contribution in [2.24, 2.45) is 0 Å². The van der Waals surface area contributed by atoms with Gasteiger partial charge in [-0.25, -0.2) is 9.78 Å². The van der Waals surface area contributed by atoms with Crippen molar-refractivity contribution >= 4 is 44.5 Å². The van der Waals surface area contributed by atoms with Crippen LogP contribution in [0.3, 0.4) is 0 Å². The second-order valence-corrected chi connectivity index (χ2v) is 8.74. The molecule has 10 heteroatoms. The van der Waals surface area contributed by atoms with E-state index in [4.69, 9.17) is 4.74 Å². The fourth-order valence-corrected chi connectivity index (χ4v) is 5.43. The Labute approximate surface area is 168 Å². The molecule has 1 aliphatic carbocycles. The Bertz CT molecular complexity index is 1140. The highest BCUT2D eigenvalue weighted by Crippen LogP contribution is 2.38. The number of aryl methyl sites for hydroxylation is 2. The average Bonchev–Trinajstić information content (AvgIpc) is 3.19. The van der Waals surface area contributed by atoms with E-state index in [1.807, 2.05) is 0 Å². The number of carbonyl (C=O) groups is 2. The molecule has 3 aromatic heterocycles. The standard InChI is InChI=1S/C18H18N4O4S2/c1-9-7-14(24)22-18(19-9)28-13(21-22)8-26-17(25)15-11-5-3-4-6-12(11)27-16(15)20-10(2)23/h7H,3-6,8H2,1-2H3,(H,20,23). The second kappa shape index (κ2) is 7.44. The summed E-state index contributed by atoms with van der Waals surface area (Å²) in [5, 5.41) is 7.96. The Morgan fingerprint density at radius 2 is 2.07 bits per heavy atom. The zero-order chi connectivity index (χ0) is 19.8. The lowest BCUT2D eigenvalue weighted by Gasteiger charge is -2.12. The van der Waals surface area contributed by atoms with Gasteiger partial charge in [-0.3, -0.25) is 9.59 Å². The minimum Gasteiger partial charge on any atom is -0.455 e. The number of amides is 1. The molecule has 0 aromatic carbocycles. The van der Waals surface area contributed by atoms with Crippen LogP contribution in [0.4, 0.5) is 5.00 Å². The molecule has 0 bridgehead atoms. The first-order valence-corrected chi connectivity index (χ1v) is 10.5. The first-order valence-electron chi connectivity index (χ1n) is 8.88. The van der Waals surface area contributed by atoms with Crippen LogP contribution < -0.4 is 10.9 Å². The molecule has 146 valence electrons. The van der Waals surface area contributed by atoms with Crippen LogP contribution in [0.5, 0.6) is 0 Å². The van der Waals surface area contributed by atoms with Gasteiger partial charge < -0.3 is 10.1 Å². The molecule has 0 fully saturated rings. The SMILES string of the molecule is CC(=O)Nc1sc2c(c1C(=O)OCc1nn3c(=O)cc(C)nc3s1)CCCC2. The molecule has 0 unspecified atom stereocenters. The fraction of sp³-hybridized carbons (Fsp3) is 0.389. The van der Waals surface area contributed by atoms with Gasteiger partial charge in [0.2, 0.25) is 10.9 Å². The maximum atomic E-state index is 12.8. The number of fused-ring (bicyclic) bond motifs is 2. The zero-order valence-electron chi connectivity index (χ0n) is 15.4. The smallest absolute Gasteiger partial charge is 0.341 e. The molecule has 0 aliphatic heterocycles. The predicted molar refractivity (Wildman–Crippen MR) is 106 cm³/mol. The molecule has 0 atom stereocenters. The maximum absolute atomic E-state index is 12.8. The molecule has 0 radical (unpaired) electrons. The van der Waals surface area contributed by atoms with Gasteiger partial charge in [-0.15, -0.1) is 11.3 Å². The molecule has 28 heavy (non-hydrogen) atoms. The van der Waals surface area contributed by atoms with Crippen molar-refractivity contribution in [3.05, 3.63) is 43.1 Å². The number of nitrogens with zero attached hydrogens (tertiary/aromatic N) is 3. The summed E-state index contributed by atoms with van der Waals surface area (Å²) in [5.74, 6) is -0.710. The largest absolute Gasteiger partial charge is 0.455 e. The Kier molecular flexibility index (Phi) is 4.98. The summed E-state index contributed by atoms with van der Waals surface area (Å²) >= 11 is 2.65. The van der Waals surface area contributed by atoms with Gasteiger partial charge in [-0.2, -0.15) is 9.61 Å². The number of carbonyl (C=O) groups excluding carboxylic acids is 2. The van der Waals surface area contributed by atoms with E-state index in [1.165, 1.54) is 40.2 Å². The third-order valence-corrected chi connectivity index (χ3v) is 6.50. The summed E-state index contributed by atoms with van der Waals surface area (Å²) in [5.41, 5.74) is 1.77. The van der Waals surface area contributed by atoms with E-state index in [9.17, 15) is 14.4 Å². The van der Waals surface area contributed by atoms with Crippen LogP contribution in [0.25, 0.3) is 4.96 Å². The van der Waals surface area contributed by atoms with Crippen molar-refractivity contribution in [3.8, 4) is 0 Å². The highest BCUT2D eigenvalue weighted by Gasteiger charge is 2.27. The van der Waals surface area contributed by atoms with Crippen LogP contribution in [0, 0.1) is 6.92 Å². The maximum Gasteiger partial charge on any atom is 0.341 e. The molecule has 1 amide bonds. The molecule has 0 saturated heterocycles. The van der Waals surface area contributed by atoms with Crippen molar-refractivity contribution in [3.63, 3.8) is 0 Å². The number of esters is 1. The van der Waals surface area contributed by atoms with Crippen molar-refractivity contribution in [1.82, 2.24) is 14.6 Å². The van der Waals surface area contributed by atoms with Gasteiger partial charge in [0, 0.05) is 23.6 Å². The van der Waals surface area contributed by atoms with Crippen LogP contribution in [0.2, 0.25) is 0 Å². The Hall–Kier alpha value is -2.59. The van der Waals surface area contributed by atoms with Gasteiger partial charge in [0.25, 0.3) is 5.56 Å². The number of anilines is 1. The Morgan fingerprint density at radius 3 is 2.86 bits per heavy atom. The summed E-state index contributed by atoms with van der Waals surface area (Å²) < 4.78 is 6.69. The quantitative estimate of drug-likeness (QED) is 0.654. The first-order chi connectivity index (χ1) is 13.4. The van der Waals surface area contributed by atoms with Gasteiger partial charge in [0.1, 0.15) is 11.6 Å². The molecule has 3 aromatic rings. The van der Waals surface area contributed by atoms with E-state index in [0.717, 1.165) is 36.1 Å². The van der Waals surface area contributed by atoms with Gasteiger partial charge in [0.15, 0.2) is 5.01 Å². The third kappa shape index (κ3) is 3.57. The highest BCUT2D eigenvalue weighted by atomic mass is 32.1. The summed E-state index contributed by atoms with van der Waals surface area (Å²) in [6.07, 6.45) is 3.80. The molecule has 1 aliphatic rings. The lowest BCUT2D eigenvalue weighted by molar-refractivity contribution is -0.114. The van der Waals surface area contributed by atoms with E-state index >= 15 is 0 Å². The fourth-order valence-electron chi connectivity index (χ4n) is 3.25. The summed E-state index contributed by atoms with van der Waals surface area (Å²) in [7, 11) is 0. The lowest BCUT2D eigenvalue weighted by atomic mass is 9.95. The van der Waals surface area contributed by atoms with Crippen molar-refractivity contribution in [1.29, 1.82) is 0 Å². The monoisotopic (exact) mass is 418 g/mol. The van der Waals surface area contributed by atoms with E-state index in [0.29, 0.717) is 26.2 Å². The minimum atomic E-state index is -0.487. The molecule has 3 heterocycles. The molecule has 4 rings (SSSR count). The number of rotatable bonds is 4. The van der Waals surface area contributed by atoms with Crippen molar-refractivity contribution in [2.45, 2.75) is 46.1 Å². The van der Waals surface area contributed by atoms with Gasteiger partial charge >= 0.3 is 5.97 Å². The summed E-state index contributed by atoms with van der Waals surface area (Å²) in [4.78, 5) is 42.2. The molecule has 8 nitrogen and oxygen atoms in total. The van der Waals surface area contributed by atoms with Gasteiger partial charge in [-0.1, -0.05) is 11.3 Å². The van der Waals surface area contributed by atoms with Gasteiger partial charge in [-0.05, 0) is 38.2 Å². The summed E-state index contributed by atoms with van der Waals surface area (Å²) in [6, 6.07) is 1.40. The Morgan fingerprint density at radius 1 is 1.29 bits per heavy atom. The third-order valence-electron chi connectivity index (χ3n) is 4.41. The van der Waals surface area contributed by atoms with Crippen LogP contribution in [0.15, 0.2) is 10.9 Å². The molecular formula is C18H18N4O4S2. The number of ether oxygens (including phenoxy) is 1. The van der Waals surface area contributed by atoms with E-state index in [1.54, 1.807) is 6.92 Å². The summed E-state index contributed by atoms with van der Waals surface area (Å²) in [6.45, 7) is 3.10. The molecule has 0 spiro atoms. The van der Waals surface area contributed by atoms with E-state index in [-0.39, 0.29) is 18.1 Å². The number of nitrogens with one attached hydrogen (secondary N) is 1. The normalized spacial score (nSPS) is 13.4. The number of hydrogen-bond acceptors (Lipinski definition) is 8. The van der Waals surface area contributed by atoms with Crippen LogP contribution >= 0.6 is 22.7 Å². The molecular weight excluding hydrogens is 400 g/mol. The average molecular weight is 419 g/mol. The second-order valence-electron chi connectivity index (χ2n) is 6.60. The van der Waals surface area contributed by atoms with Crippen molar-refractivity contribution in [2.75, 3.05) is 5.32 Å². The Balaban J connectivity index is 1.59. The van der Waals surface area contributed by atoms with E-state index < -0.39 is 5.97 Å². The topological polar surface area (TPSA) is 103 Å². The predicted octanol–water partition coefficient (Wildman–Crippen LogP) is 2.72. The van der Waals surface area contributed by atoms with Crippen LogP contribution in [-0.4, -0.2) is 26.5 Å². The highest BCUT2D eigenvalue weighted by molar-refractivity contribution is 7.17. The molecule has 1 N–H and O–H groups in total. The number of thiophene rings is 1. The first kappa shape index (κ1) is 18.8. The van der Waals surface area contributed by atoms with Crippen LogP contribution in [0.1, 0.15) is 51.3 Å². The molecule has 0 saturated carbocycles. The number of aromatic nitrogens is 3. The zero-order valence-corrected chi connectivity index (χ0v) is 17.0.